The van der Waals surface area contributed by atoms with E-state index in [4.69, 9.17) is 0 Å². The minimum Gasteiger partial charge on any atom is -0.591 e. The molecule has 1 fully saturated rings. The molecule has 0 saturated heterocycles. The predicted molar refractivity (Wildman–Crippen MR) is 87.5 cm³/mol. The maximum atomic E-state index is 12.0. The van der Waals surface area contributed by atoms with Crippen LogP contribution in [0, 0.1) is 10.1 Å². The van der Waals surface area contributed by atoms with Crippen molar-refractivity contribution in [2.45, 2.75) is 48.5 Å². The van der Waals surface area contributed by atoms with Gasteiger partial charge in [0.25, 0.3) is 5.69 Å². The van der Waals surface area contributed by atoms with Gasteiger partial charge in [0, 0.05) is 27.8 Å². The Morgan fingerprint density at radius 3 is 2.62 bits per heavy atom. The third-order valence-electron chi connectivity index (χ3n) is 2.83. The summed E-state index contributed by atoms with van der Waals surface area (Å²) in [5.41, 5.74) is 0.692. The molecule has 0 aromatic heterocycles. The van der Waals surface area contributed by atoms with E-state index in [1.165, 1.54) is 31.2 Å². The number of thioether (sulfide) groups is 1. The number of hydrogen-bond donors (Lipinski definition) is 0. The number of benzene rings is 1. The largest absolute Gasteiger partial charge is 0.591 e. The maximum Gasteiger partial charge on any atom is 0.270 e. The first kappa shape index (κ1) is 16.3. The van der Waals surface area contributed by atoms with Crippen LogP contribution < -0.4 is 0 Å². The Labute approximate surface area is 131 Å². The van der Waals surface area contributed by atoms with Crippen molar-refractivity contribution in [3.63, 3.8) is 0 Å². The predicted octanol–water partition coefficient (Wildman–Crippen LogP) is 3.73. The van der Waals surface area contributed by atoms with E-state index >= 15 is 0 Å². The average Bonchev–Trinajstić information content (AvgIpc) is 3.19. The highest BCUT2D eigenvalue weighted by molar-refractivity contribution is 8.00. The Bertz CT molecular complexity index is 566. The molecule has 0 amide bonds. The van der Waals surface area contributed by atoms with E-state index in [0.29, 0.717) is 10.8 Å². The van der Waals surface area contributed by atoms with Gasteiger partial charge in [0.2, 0.25) is 0 Å². The highest BCUT2D eigenvalue weighted by Crippen LogP contribution is 2.40. The van der Waals surface area contributed by atoms with Crippen LogP contribution in [0.5, 0.6) is 0 Å². The zero-order chi connectivity index (χ0) is 15.6. The van der Waals surface area contributed by atoms with Gasteiger partial charge in [-0.15, -0.1) is 11.8 Å². The number of nitro groups is 1. The van der Waals surface area contributed by atoms with E-state index in [9.17, 15) is 14.7 Å². The first-order chi connectivity index (χ1) is 9.77. The van der Waals surface area contributed by atoms with Crippen molar-refractivity contribution in [1.82, 2.24) is 0 Å². The van der Waals surface area contributed by atoms with E-state index in [2.05, 4.69) is 4.40 Å². The van der Waals surface area contributed by atoms with Crippen molar-refractivity contribution in [1.29, 1.82) is 0 Å². The van der Waals surface area contributed by atoms with Crippen molar-refractivity contribution in [2.24, 2.45) is 4.40 Å². The molecule has 5 nitrogen and oxygen atoms in total. The van der Waals surface area contributed by atoms with E-state index < -0.39 is 21.0 Å². The number of nitrogens with zero attached hydrogens (tertiary/aromatic N) is 2. The zero-order valence-corrected chi connectivity index (χ0v) is 13.9. The summed E-state index contributed by atoms with van der Waals surface area (Å²) in [6, 6.07) is 4.75. The number of nitro benzene ring substituents is 1. The first-order valence-corrected chi connectivity index (χ1v) is 8.67. The lowest BCUT2D eigenvalue weighted by Crippen LogP contribution is -2.25. The molecule has 0 spiro atoms. The highest BCUT2D eigenvalue weighted by atomic mass is 32.2. The molecule has 1 aliphatic carbocycles. The van der Waals surface area contributed by atoms with Gasteiger partial charge in [0.05, 0.1) is 11.1 Å². The second-order valence-electron chi connectivity index (χ2n) is 5.89. The summed E-state index contributed by atoms with van der Waals surface area (Å²) in [5.74, 6) is 0. The van der Waals surface area contributed by atoms with Gasteiger partial charge in [-0.2, -0.15) is 0 Å². The quantitative estimate of drug-likeness (QED) is 0.357. The van der Waals surface area contributed by atoms with E-state index in [1.807, 2.05) is 20.8 Å². The molecule has 114 valence electrons. The minimum absolute atomic E-state index is 0.0261. The van der Waals surface area contributed by atoms with Crippen LogP contribution in [0.15, 0.2) is 27.5 Å². The Morgan fingerprint density at radius 1 is 1.43 bits per heavy atom. The molecule has 1 saturated carbocycles. The third-order valence-corrected chi connectivity index (χ3v) is 5.61. The SMILES string of the molecule is CC(C)(C)[S@+]([O-])N=Cc1cc([N+](=O)[O-])ccc1SC1CC1. The van der Waals surface area contributed by atoms with Crippen molar-refractivity contribution in [3.8, 4) is 0 Å². The fourth-order valence-corrected chi connectivity index (χ4v) is 3.14. The smallest absolute Gasteiger partial charge is 0.270 e. The second-order valence-corrected chi connectivity index (χ2v) is 9.17. The molecule has 21 heavy (non-hydrogen) atoms. The van der Waals surface area contributed by atoms with Gasteiger partial charge in [-0.3, -0.25) is 10.1 Å². The van der Waals surface area contributed by atoms with Crippen molar-refractivity contribution in [3.05, 3.63) is 33.9 Å². The lowest BCUT2D eigenvalue weighted by molar-refractivity contribution is -0.384. The average molecular weight is 326 g/mol. The van der Waals surface area contributed by atoms with Gasteiger partial charge in [-0.25, -0.2) is 0 Å². The highest BCUT2D eigenvalue weighted by Gasteiger charge is 2.27. The summed E-state index contributed by atoms with van der Waals surface area (Å²) in [5, 5.41) is 11.5. The number of rotatable bonds is 5. The van der Waals surface area contributed by atoms with Gasteiger partial charge in [-0.05, 0) is 39.7 Å². The summed E-state index contributed by atoms with van der Waals surface area (Å²) in [4.78, 5) is 11.4. The summed E-state index contributed by atoms with van der Waals surface area (Å²) >= 11 is 0.333. The monoisotopic (exact) mass is 326 g/mol. The summed E-state index contributed by atoms with van der Waals surface area (Å²) in [6.07, 6.45) is 3.84. The van der Waals surface area contributed by atoms with E-state index in [1.54, 1.807) is 17.8 Å². The molecular formula is C14H18N2O3S2. The van der Waals surface area contributed by atoms with Crippen LogP contribution in [0.3, 0.4) is 0 Å². The Morgan fingerprint density at radius 2 is 2.10 bits per heavy atom. The molecule has 1 atom stereocenters. The number of hydrogen-bond acceptors (Lipinski definition) is 5. The first-order valence-electron chi connectivity index (χ1n) is 6.68. The van der Waals surface area contributed by atoms with Crippen molar-refractivity contribution >= 4 is 35.0 Å². The van der Waals surface area contributed by atoms with Gasteiger partial charge in [0.15, 0.2) is 0 Å². The summed E-state index contributed by atoms with van der Waals surface area (Å²) in [7, 11) is 0. The third kappa shape index (κ3) is 4.72. The Kier molecular flexibility index (Phi) is 4.95. The van der Waals surface area contributed by atoms with Crippen molar-refractivity contribution < 1.29 is 9.48 Å². The molecule has 0 aliphatic heterocycles. The van der Waals surface area contributed by atoms with Gasteiger partial charge in [-0.1, -0.05) is 4.40 Å². The minimum atomic E-state index is -1.37. The van der Waals surface area contributed by atoms with Crippen LogP contribution in [0.2, 0.25) is 0 Å². The summed E-state index contributed by atoms with van der Waals surface area (Å²) in [6.45, 7) is 5.52. The topological polar surface area (TPSA) is 78.6 Å². The molecule has 0 bridgehead atoms. The normalized spacial score (nSPS) is 17.1. The molecule has 0 unspecified atom stereocenters. The lowest BCUT2D eigenvalue weighted by Gasteiger charge is -2.17. The molecule has 0 radical (unpaired) electrons. The second kappa shape index (κ2) is 6.37. The molecule has 1 aliphatic rings. The number of non-ortho nitro benzene ring substituents is 1. The van der Waals surface area contributed by atoms with Crippen LogP contribution in [-0.4, -0.2) is 25.7 Å². The van der Waals surface area contributed by atoms with Crippen LogP contribution in [0.25, 0.3) is 0 Å². The van der Waals surface area contributed by atoms with Gasteiger partial charge < -0.3 is 4.55 Å². The van der Waals surface area contributed by atoms with Crippen molar-refractivity contribution in [2.75, 3.05) is 0 Å². The molecule has 2 rings (SSSR count). The van der Waals surface area contributed by atoms with E-state index in [-0.39, 0.29) is 5.69 Å². The Balaban J connectivity index is 2.26. The molecular weight excluding hydrogens is 308 g/mol. The van der Waals surface area contributed by atoms with Crippen LogP contribution in [0.1, 0.15) is 39.2 Å². The molecule has 7 heteroatoms. The van der Waals surface area contributed by atoms with Gasteiger partial charge in [0.1, 0.15) is 16.1 Å². The van der Waals surface area contributed by atoms with E-state index in [0.717, 1.165) is 4.90 Å². The molecule has 0 heterocycles. The lowest BCUT2D eigenvalue weighted by atomic mass is 10.2. The van der Waals surface area contributed by atoms with Crippen LogP contribution >= 0.6 is 11.8 Å². The van der Waals surface area contributed by atoms with Gasteiger partial charge >= 0.3 is 0 Å². The molecule has 1 aromatic carbocycles. The maximum absolute atomic E-state index is 12.0. The molecule has 1 aromatic rings. The van der Waals surface area contributed by atoms with Crippen LogP contribution in [-0.2, 0) is 11.4 Å². The van der Waals surface area contributed by atoms with Crippen LogP contribution in [0.4, 0.5) is 5.69 Å². The Hall–Kier alpha value is -1.05. The fraction of sp³-hybridized carbons (Fsp3) is 0.500. The zero-order valence-electron chi connectivity index (χ0n) is 12.2. The summed E-state index contributed by atoms with van der Waals surface area (Å²) < 4.78 is 15.6. The molecule has 0 N–H and O–H groups in total. The fourth-order valence-electron chi connectivity index (χ4n) is 1.49. The standard InChI is InChI=1S/C14H18N2O3S2/c1-14(2,3)21(19)15-9-10-8-11(16(17)18)4-7-13(10)20-12-5-6-12/h4,7-9,12H,5-6H2,1-3H3/t21-/m0/s1.